The van der Waals surface area contributed by atoms with Crippen LogP contribution in [0.4, 0.5) is 0 Å². The number of nitriles is 1. The van der Waals surface area contributed by atoms with E-state index in [9.17, 15) is 4.79 Å². The van der Waals surface area contributed by atoms with Gasteiger partial charge >= 0.3 is 5.97 Å². The van der Waals surface area contributed by atoms with Gasteiger partial charge < -0.3 is 9.47 Å². The molecule has 1 aromatic carbocycles. The van der Waals surface area contributed by atoms with Crippen LogP contribution >= 0.6 is 0 Å². The molecule has 0 amide bonds. The number of carbonyl (C=O) groups is 1. The smallest absolute Gasteiger partial charge is 0.337 e. The van der Waals surface area contributed by atoms with Crippen LogP contribution in [0.5, 0.6) is 5.75 Å². The van der Waals surface area contributed by atoms with Crippen molar-refractivity contribution in [3.8, 4) is 11.8 Å². The van der Waals surface area contributed by atoms with Gasteiger partial charge in [-0.2, -0.15) is 5.26 Å². The highest BCUT2D eigenvalue weighted by molar-refractivity contribution is 5.90. The zero-order chi connectivity index (χ0) is 12.8. The van der Waals surface area contributed by atoms with Crippen molar-refractivity contribution in [2.24, 2.45) is 0 Å². The first-order valence-corrected chi connectivity index (χ1v) is 5.39. The highest BCUT2D eigenvalue weighted by Crippen LogP contribution is 2.25. The minimum absolute atomic E-state index is 0. The zero-order valence-corrected chi connectivity index (χ0v) is 10.2. The van der Waals surface area contributed by atoms with Crippen LogP contribution in [0.1, 0.15) is 42.3 Å². The third-order valence-corrected chi connectivity index (χ3v) is 2.27. The molecular weight excluding hydrogens is 230 g/mol. The quantitative estimate of drug-likeness (QED) is 0.769. The first kappa shape index (κ1) is 16.0. The van der Waals surface area contributed by atoms with Gasteiger partial charge in [0.1, 0.15) is 11.8 Å². The number of methoxy groups -OCH3 is 1. The number of esters is 1. The lowest BCUT2D eigenvalue weighted by molar-refractivity contribution is 0.0600. The minimum atomic E-state index is -0.452. The molecule has 0 saturated heterocycles. The van der Waals surface area contributed by atoms with Crippen LogP contribution in [0.15, 0.2) is 12.1 Å². The lowest BCUT2D eigenvalue weighted by Gasteiger charge is -2.11. The van der Waals surface area contributed by atoms with Gasteiger partial charge in [-0.05, 0) is 31.0 Å². The normalized spacial score (nSPS) is 9.00. The number of aryl methyl sites for hydroxylation is 1. The molecular formula is C14H19NO3. The van der Waals surface area contributed by atoms with E-state index in [4.69, 9.17) is 10.00 Å². The predicted octanol–water partition coefficient (Wildman–Crippen LogP) is 3.08. The number of ether oxygens (including phenoxy) is 2. The van der Waals surface area contributed by atoms with Crippen molar-refractivity contribution in [2.75, 3.05) is 13.7 Å². The van der Waals surface area contributed by atoms with Gasteiger partial charge in [-0.25, -0.2) is 4.79 Å². The summed E-state index contributed by atoms with van der Waals surface area (Å²) in [5.41, 5.74) is 1.49. The maximum atomic E-state index is 11.4. The molecule has 0 aliphatic rings. The van der Waals surface area contributed by atoms with Gasteiger partial charge in [0, 0.05) is 0 Å². The molecule has 0 bridgehead atoms. The fraction of sp³-hybridized carbons (Fsp3) is 0.429. The molecule has 0 heterocycles. The molecule has 4 heteroatoms. The maximum absolute atomic E-state index is 11.4. The Morgan fingerprint density at radius 1 is 1.44 bits per heavy atom. The Morgan fingerprint density at radius 3 is 2.61 bits per heavy atom. The topological polar surface area (TPSA) is 59.3 Å². The average molecular weight is 249 g/mol. The molecule has 18 heavy (non-hydrogen) atoms. The summed E-state index contributed by atoms with van der Waals surface area (Å²) < 4.78 is 10.1. The third kappa shape index (κ3) is 3.49. The zero-order valence-electron chi connectivity index (χ0n) is 10.2. The summed E-state index contributed by atoms with van der Waals surface area (Å²) in [6, 6.07) is 5.19. The van der Waals surface area contributed by atoms with Gasteiger partial charge in [-0.3, -0.25) is 0 Å². The van der Waals surface area contributed by atoms with Crippen molar-refractivity contribution in [2.45, 2.75) is 27.7 Å². The van der Waals surface area contributed by atoms with E-state index in [1.54, 1.807) is 13.0 Å². The fourth-order valence-electron chi connectivity index (χ4n) is 1.49. The first-order chi connectivity index (χ1) is 8.13. The standard InChI is InChI=1S/C13H15NO3.CH4/c1-4-5-17-12-9(2)6-10(13(15)16-3)7-11(12)8-14;/h6-7H,4-5H2,1-3H3;1H4. The molecule has 0 spiro atoms. The summed E-state index contributed by atoms with van der Waals surface area (Å²) in [4.78, 5) is 11.4. The molecule has 0 radical (unpaired) electrons. The van der Waals surface area contributed by atoms with Gasteiger partial charge in [0.05, 0.1) is 24.8 Å². The van der Waals surface area contributed by atoms with Gasteiger partial charge in [-0.1, -0.05) is 14.4 Å². The Morgan fingerprint density at radius 2 is 2.11 bits per heavy atom. The molecule has 0 unspecified atom stereocenters. The molecule has 0 N–H and O–H groups in total. The second-order valence-corrected chi connectivity index (χ2v) is 3.62. The van der Waals surface area contributed by atoms with Crippen LogP contribution < -0.4 is 4.74 Å². The monoisotopic (exact) mass is 249 g/mol. The number of rotatable bonds is 4. The maximum Gasteiger partial charge on any atom is 0.337 e. The fourth-order valence-corrected chi connectivity index (χ4v) is 1.49. The van der Waals surface area contributed by atoms with Gasteiger partial charge in [-0.15, -0.1) is 0 Å². The Balaban J connectivity index is 0.00000289. The van der Waals surface area contributed by atoms with Crippen LogP contribution in [0.2, 0.25) is 0 Å². The van der Waals surface area contributed by atoms with Crippen molar-refractivity contribution in [3.63, 3.8) is 0 Å². The van der Waals surface area contributed by atoms with Crippen molar-refractivity contribution in [3.05, 3.63) is 28.8 Å². The van der Waals surface area contributed by atoms with Gasteiger partial charge in [0.15, 0.2) is 0 Å². The number of carbonyl (C=O) groups excluding carboxylic acids is 1. The molecule has 4 nitrogen and oxygen atoms in total. The van der Waals surface area contributed by atoms with E-state index < -0.39 is 5.97 Å². The number of hydrogen-bond acceptors (Lipinski definition) is 4. The van der Waals surface area contributed by atoms with Crippen molar-refractivity contribution >= 4 is 5.97 Å². The van der Waals surface area contributed by atoms with Crippen LogP contribution in [0.25, 0.3) is 0 Å². The van der Waals surface area contributed by atoms with E-state index in [2.05, 4.69) is 4.74 Å². The number of hydrogen-bond donors (Lipinski definition) is 0. The molecule has 0 aromatic heterocycles. The molecule has 1 aromatic rings. The van der Waals surface area contributed by atoms with E-state index in [1.165, 1.54) is 13.2 Å². The molecule has 98 valence electrons. The highest BCUT2D eigenvalue weighted by Gasteiger charge is 2.13. The predicted molar refractivity (Wildman–Crippen MR) is 69.8 cm³/mol. The lowest BCUT2D eigenvalue weighted by atomic mass is 10.1. The SMILES string of the molecule is C.CCCOc1c(C)cc(C(=O)OC)cc1C#N. The van der Waals surface area contributed by atoms with Crippen LogP contribution in [-0.4, -0.2) is 19.7 Å². The van der Waals surface area contributed by atoms with E-state index in [0.29, 0.717) is 23.5 Å². The van der Waals surface area contributed by atoms with Crippen LogP contribution in [0.3, 0.4) is 0 Å². The largest absolute Gasteiger partial charge is 0.492 e. The average Bonchev–Trinajstić information content (AvgIpc) is 2.35. The summed E-state index contributed by atoms with van der Waals surface area (Å²) in [6.07, 6.45) is 0.864. The summed E-state index contributed by atoms with van der Waals surface area (Å²) in [7, 11) is 1.31. The summed E-state index contributed by atoms with van der Waals surface area (Å²) >= 11 is 0. The molecule has 0 aliphatic heterocycles. The molecule has 0 aliphatic carbocycles. The second kappa shape index (κ2) is 7.33. The Bertz CT molecular complexity index is 461. The van der Waals surface area contributed by atoms with E-state index in [0.717, 1.165) is 12.0 Å². The Labute approximate surface area is 108 Å². The van der Waals surface area contributed by atoms with Crippen molar-refractivity contribution in [1.29, 1.82) is 5.26 Å². The van der Waals surface area contributed by atoms with Gasteiger partial charge in [0.2, 0.25) is 0 Å². The third-order valence-electron chi connectivity index (χ3n) is 2.27. The van der Waals surface area contributed by atoms with Gasteiger partial charge in [0.25, 0.3) is 0 Å². The lowest BCUT2D eigenvalue weighted by Crippen LogP contribution is -2.05. The van der Waals surface area contributed by atoms with Crippen LogP contribution in [-0.2, 0) is 4.74 Å². The van der Waals surface area contributed by atoms with E-state index in [-0.39, 0.29) is 7.43 Å². The highest BCUT2D eigenvalue weighted by atomic mass is 16.5. The molecule has 0 fully saturated rings. The van der Waals surface area contributed by atoms with Crippen molar-refractivity contribution < 1.29 is 14.3 Å². The van der Waals surface area contributed by atoms with Crippen LogP contribution in [0, 0.1) is 18.3 Å². The van der Waals surface area contributed by atoms with E-state index in [1.807, 2.05) is 13.0 Å². The summed E-state index contributed by atoms with van der Waals surface area (Å²) in [6.45, 7) is 4.34. The molecule has 0 saturated carbocycles. The number of benzene rings is 1. The first-order valence-electron chi connectivity index (χ1n) is 5.39. The number of nitrogens with zero attached hydrogens (tertiary/aromatic N) is 1. The van der Waals surface area contributed by atoms with Crippen molar-refractivity contribution in [1.82, 2.24) is 0 Å². The minimum Gasteiger partial charge on any atom is -0.492 e. The molecule has 0 atom stereocenters. The Kier molecular flexibility index (Phi) is 6.51. The molecule has 1 rings (SSSR count). The summed E-state index contributed by atoms with van der Waals surface area (Å²) in [5, 5.41) is 9.04. The van der Waals surface area contributed by atoms with E-state index >= 15 is 0 Å². The Hall–Kier alpha value is -2.02. The summed E-state index contributed by atoms with van der Waals surface area (Å²) in [5.74, 6) is 0.0913. The second-order valence-electron chi connectivity index (χ2n) is 3.62.